The van der Waals surface area contributed by atoms with Crippen LogP contribution < -0.4 is 5.73 Å². The predicted molar refractivity (Wildman–Crippen MR) is 73.8 cm³/mol. The molecule has 0 amide bonds. The molecular formula is C13H17N5S. The Morgan fingerprint density at radius 2 is 2.21 bits per heavy atom. The lowest BCUT2D eigenvalue weighted by Crippen LogP contribution is -2.02. The highest BCUT2D eigenvalue weighted by atomic mass is 32.2. The Balaban J connectivity index is 1.84. The molecule has 0 saturated carbocycles. The molecule has 100 valence electrons. The fraction of sp³-hybridized carbons (Fsp3) is 0.462. The minimum atomic E-state index is 0.465. The van der Waals surface area contributed by atoms with Crippen molar-refractivity contribution in [3.8, 4) is 0 Å². The second kappa shape index (κ2) is 5.71. The van der Waals surface area contributed by atoms with Gasteiger partial charge in [-0.2, -0.15) is 0 Å². The molecule has 0 aromatic carbocycles. The van der Waals surface area contributed by atoms with Gasteiger partial charge in [-0.1, -0.05) is 6.42 Å². The van der Waals surface area contributed by atoms with E-state index in [0.29, 0.717) is 6.54 Å². The predicted octanol–water partition coefficient (Wildman–Crippen LogP) is 2.01. The lowest BCUT2D eigenvalue weighted by atomic mass is 10.2. The van der Waals surface area contributed by atoms with E-state index in [4.69, 9.17) is 5.73 Å². The average Bonchev–Trinajstić information content (AvgIpc) is 2.68. The summed E-state index contributed by atoms with van der Waals surface area (Å²) < 4.78 is 2.25. The zero-order valence-corrected chi connectivity index (χ0v) is 11.6. The normalized spacial score (nSPS) is 15.0. The Morgan fingerprint density at radius 3 is 3.11 bits per heavy atom. The Hall–Kier alpha value is -1.40. The second-order valence-corrected chi connectivity index (χ2v) is 5.69. The van der Waals surface area contributed by atoms with Gasteiger partial charge in [-0.25, -0.2) is 0 Å². The molecule has 0 atom stereocenters. The van der Waals surface area contributed by atoms with Crippen molar-refractivity contribution in [1.29, 1.82) is 0 Å². The maximum absolute atomic E-state index is 5.62. The molecule has 1 aliphatic heterocycles. The Bertz CT molecular complexity index is 566. The molecule has 2 N–H and O–H groups in total. The molecule has 0 bridgehead atoms. The van der Waals surface area contributed by atoms with Crippen LogP contribution in [0.25, 0.3) is 0 Å². The number of fused-ring (bicyclic) bond motifs is 1. The monoisotopic (exact) mass is 275 g/mol. The molecule has 0 spiro atoms. The molecule has 2 aromatic heterocycles. The first-order valence-electron chi connectivity index (χ1n) is 6.62. The second-order valence-electron chi connectivity index (χ2n) is 4.65. The molecular weight excluding hydrogens is 258 g/mol. The van der Waals surface area contributed by atoms with E-state index in [1.54, 1.807) is 18.0 Å². The van der Waals surface area contributed by atoms with Crippen LogP contribution in [0.2, 0.25) is 0 Å². The summed E-state index contributed by atoms with van der Waals surface area (Å²) in [7, 11) is 0. The summed E-state index contributed by atoms with van der Waals surface area (Å²) in [6.45, 7) is 1.49. The fourth-order valence-corrected chi connectivity index (χ4v) is 3.19. The molecule has 0 radical (unpaired) electrons. The highest BCUT2D eigenvalue weighted by Gasteiger charge is 2.15. The van der Waals surface area contributed by atoms with Crippen molar-refractivity contribution in [2.24, 2.45) is 5.73 Å². The quantitative estimate of drug-likeness (QED) is 0.928. The maximum Gasteiger partial charge on any atom is 0.196 e. The zero-order valence-electron chi connectivity index (χ0n) is 10.7. The summed E-state index contributed by atoms with van der Waals surface area (Å²) in [5.74, 6) is 1.12. The van der Waals surface area contributed by atoms with Crippen LogP contribution in [0, 0.1) is 0 Å². The van der Waals surface area contributed by atoms with Gasteiger partial charge in [0.1, 0.15) is 5.82 Å². The van der Waals surface area contributed by atoms with E-state index >= 15 is 0 Å². The molecule has 6 heteroatoms. The van der Waals surface area contributed by atoms with E-state index in [2.05, 4.69) is 19.7 Å². The van der Waals surface area contributed by atoms with Gasteiger partial charge in [0.15, 0.2) is 5.16 Å². The van der Waals surface area contributed by atoms with Crippen LogP contribution >= 0.6 is 11.8 Å². The lowest BCUT2D eigenvalue weighted by molar-refractivity contribution is 0.591. The summed E-state index contributed by atoms with van der Waals surface area (Å²) in [5.41, 5.74) is 6.52. The number of aryl methyl sites for hydroxylation is 1. The molecule has 0 fully saturated rings. The van der Waals surface area contributed by atoms with E-state index in [-0.39, 0.29) is 0 Å². The van der Waals surface area contributed by atoms with Crippen molar-refractivity contribution < 1.29 is 0 Å². The van der Waals surface area contributed by atoms with Gasteiger partial charge in [0, 0.05) is 30.6 Å². The molecule has 3 heterocycles. The van der Waals surface area contributed by atoms with E-state index < -0.39 is 0 Å². The summed E-state index contributed by atoms with van der Waals surface area (Å²) in [6, 6.07) is 4.01. The molecule has 0 saturated heterocycles. The van der Waals surface area contributed by atoms with Crippen LogP contribution in [0.15, 0.2) is 28.4 Å². The van der Waals surface area contributed by atoms with Crippen molar-refractivity contribution in [3.05, 3.63) is 29.8 Å². The van der Waals surface area contributed by atoms with Crippen molar-refractivity contribution >= 4 is 11.8 Å². The standard InChI is InChI=1S/C13H17N5S/c14-9-10-8-11(5-6-15-10)19-13-17-16-12-4-2-1-3-7-18(12)13/h5-6,8H,1-4,7,9,14H2. The summed E-state index contributed by atoms with van der Waals surface area (Å²) in [5, 5.41) is 9.60. The van der Waals surface area contributed by atoms with E-state index in [9.17, 15) is 0 Å². The highest BCUT2D eigenvalue weighted by molar-refractivity contribution is 7.99. The minimum Gasteiger partial charge on any atom is -0.325 e. The number of hydrogen-bond donors (Lipinski definition) is 1. The number of pyridine rings is 1. The largest absolute Gasteiger partial charge is 0.325 e. The molecule has 19 heavy (non-hydrogen) atoms. The highest BCUT2D eigenvalue weighted by Crippen LogP contribution is 2.28. The molecule has 2 aromatic rings. The molecule has 0 aliphatic carbocycles. The van der Waals surface area contributed by atoms with Crippen LogP contribution in [0.1, 0.15) is 30.8 Å². The Morgan fingerprint density at radius 1 is 1.26 bits per heavy atom. The van der Waals surface area contributed by atoms with E-state index in [1.807, 2.05) is 12.1 Å². The molecule has 5 nitrogen and oxygen atoms in total. The van der Waals surface area contributed by atoms with Crippen LogP contribution in [0.3, 0.4) is 0 Å². The number of rotatable bonds is 3. The van der Waals surface area contributed by atoms with Crippen LogP contribution in [0.5, 0.6) is 0 Å². The summed E-state index contributed by atoms with van der Waals surface area (Å²) >= 11 is 1.64. The van der Waals surface area contributed by atoms with E-state index in [1.165, 1.54) is 19.3 Å². The van der Waals surface area contributed by atoms with Gasteiger partial charge in [0.05, 0.1) is 5.69 Å². The van der Waals surface area contributed by atoms with E-state index in [0.717, 1.165) is 34.5 Å². The third-order valence-corrected chi connectivity index (χ3v) is 4.26. The van der Waals surface area contributed by atoms with Gasteiger partial charge < -0.3 is 10.3 Å². The number of nitrogens with zero attached hydrogens (tertiary/aromatic N) is 4. The Kier molecular flexibility index (Phi) is 3.79. The Labute approximate surface area is 116 Å². The summed E-state index contributed by atoms with van der Waals surface area (Å²) in [4.78, 5) is 5.33. The van der Waals surface area contributed by atoms with Gasteiger partial charge in [-0.3, -0.25) is 4.98 Å². The smallest absolute Gasteiger partial charge is 0.196 e. The van der Waals surface area contributed by atoms with Crippen molar-refractivity contribution in [2.75, 3.05) is 0 Å². The van der Waals surface area contributed by atoms with Crippen LogP contribution in [0.4, 0.5) is 0 Å². The van der Waals surface area contributed by atoms with Gasteiger partial charge in [-0.15, -0.1) is 10.2 Å². The van der Waals surface area contributed by atoms with Crippen molar-refractivity contribution in [3.63, 3.8) is 0 Å². The third-order valence-electron chi connectivity index (χ3n) is 3.28. The number of aromatic nitrogens is 4. The molecule has 0 unspecified atom stereocenters. The zero-order chi connectivity index (χ0) is 13.1. The average molecular weight is 275 g/mol. The topological polar surface area (TPSA) is 69.6 Å². The first-order valence-corrected chi connectivity index (χ1v) is 7.43. The van der Waals surface area contributed by atoms with Gasteiger partial charge >= 0.3 is 0 Å². The number of hydrogen-bond acceptors (Lipinski definition) is 5. The first kappa shape index (κ1) is 12.6. The van der Waals surface area contributed by atoms with Crippen LogP contribution in [-0.4, -0.2) is 19.7 Å². The maximum atomic E-state index is 5.62. The van der Waals surface area contributed by atoms with Crippen LogP contribution in [-0.2, 0) is 19.5 Å². The minimum absolute atomic E-state index is 0.465. The van der Waals surface area contributed by atoms with Gasteiger partial charge in [0.2, 0.25) is 0 Å². The van der Waals surface area contributed by atoms with Crippen molar-refractivity contribution in [1.82, 2.24) is 19.7 Å². The molecule has 3 rings (SSSR count). The van der Waals surface area contributed by atoms with Crippen molar-refractivity contribution in [2.45, 2.75) is 48.8 Å². The summed E-state index contributed by atoms with van der Waals surface area (Å²) in [6.07, 6.45) is 6.54. The van der Waals surface area contributed by atoms with Gasteiger partial charge in [-0.05, 0) is 36.7 Å². The first-order chi connectivity index (χ1) is 9.36. The third kappa shape index (κ3) is 2.79. The van der Waals surface area contributed by atoms with Gasteiger partial charge in [0.25, 0.3) is 0 Å². The number of nitrogens with two attached hydrogens (primary N) is 1. The fourth-order valence-electron chi connectivity index (χ4n) is 2.27. The molecule has 1 aliphatic rings. The lowest BCUT2D eigenvalue weighted by Gasteiger charge is -2.06. The SMILES string of the molecule is NCc1cc(Sc2nnc3n2CCCCC3)ccn1.